The van der Waals surface area contributed by atoms with Crippen LogP contribution in [0.15, 0.2) is 30.3 Å². The molecule has 158 valence electrons. The standard InChI is InChI=1S/C22H36N2O3S/c25-21(26)19-28-18-14-9-7-5-3-1-2-4-6-8-13-17-23-22(27)24-20-15-11-10-12-16-20/h10-12,15-16H,1-9,13-14,17-19H2,(H,25,26)(H2,23,24,27). The summed E-state index contributed by atoms with van der Waals surface area (Å²) in [6.45, 7) is 0.726. The molecule has 0 saturated heterocycles. The van der Waals surface area contributed by atoms with Crippen molar-refractivity contribution in [3.8, 4) is 0 Å². The summed E-state index contributed by atoms with van der Waals surface area (Å²) in [5.41, 5.74) is 0.817. The van der Waals surface area contributed by atoms with E-state index in [4.69, 9.17) is 5.11 Å². The first kappa shape index (κ1) is 24.3. The SMILES string of the molecule is O=C(O)CSCCCCCCCCCCCCCNC(=O)Nc1ccccc1. The van der Waals surface area contributed by atoms with E-state index < -0.39 is 5.97 Å². The number of carbonyl (C=O) groups is 2. The lowest BCUT2D eigenvalue weighted by Crippen LogP contribution is -2.29. The van der Waals surface area contributed by atoms with E-state index in [1.54, 1.807) is 0 Å². The lowest BCUT2D eigenvalue weighted by Gasteiger charge is -2.07. The second kappa shape index (κ2) is 17.4. The van der Waals surface area contributed by atoms with Gasteiger partial charge in [-0.1, -0.05) is 76.0 Å². The predicted octanol–water partition coefficient (Wildman–Crippen LogP) is 5.92. The van der Waals surface area contributed by atoms with Gasteiger partial charge in [0.2, 0.25) is 0 Å². The van der Waals surface area contributed by atoms with Gasteiger partial charge in [0.1, 0.15) is 0 Å². The average molecular weight is 409 g/mol. The number of unbranched alkanes of at least 4 members (excludes halogenated alkanes) is 10. The van der Waals surface area contributed by atoms with Crippen LogP contribution in [0.1, 0.15) is 70.6 Å². The van der Waals surface area contributed by atoms with Crippen molar-refractivity contribution in [2.24, 2.45) is 0 Å². The van der Waals surface area contributed by atoms with Crippen LogP contribution in [-0.2, 0) is 4.79 Å². The normalized spacial score (nSPS) is 10.6. The number of carboxylic acid groups (broad SMARTS) is 1. The number of thioether (sulfide) groups is 1. The molecule has 0 saturated carbocycles. The number of hydrogen-bond acceptors (Lipinski definition) is 3. The monoisotopic (exact) mass is 408 g/mol. The maximum absolute atomic E-state index is 11.7. The molecule has 6 heteroatoms. The molecule has 1 aromatic carbocycles. The average Bonchev–Trinajstić information content (AvgIpc) is 2.68. The highest BCUT2D eigenvalue weighted by atomic mass is 32.2. The van der Waals surface area contributed by atoms with E-state index in [0.717, 1.165) is 30.8 Å². The predicted molar refractivity (Wildman–Crippen MR) is 119 cm³/mol. The number of rotatable bonds is 17. The van der Waals surface area contributed by atoms with Crippen molar-refractivity contribution in [2.75, 3.05) is 23.4 Å². The van der Waals surface area contributed by atoms with Crippen LogP contribution in [0.4, 0.5) is 10.5 Å². The van der Waals surface area contributed by atoms with E-state index in [1.807, 2.05) is 30.3 Å². The minimum atomic E-state index is -0.713. The van der Waals surface area contributed by atoms with Crippen molar-refractivity contribution in [2.45, 2.75) is 70.6 Å². The first-order valence-electron chi connectivity index (χ1n) is 10.6. The molecule has 0 aliphatic rings. The summed E-state index contributed by atoms with van der Waals surface area (Å²) < 4.78 is 0. The van der Waals surface area contributed by atoms with E-state index >= 15 is 0 Å². The third-order valence-corrected chi connectivity index (χ3v) is 5.54. The molecule has 1 rings (SSSR count). The molecule has 0 spiro atoms. The van der Waals surface area contributed by atoms with Gasteiger partial charge in [-0.2, -0.15) is 11.8 Å². The van der Waals surface area contributed by atoms with Gasteiger partial charge in [-0.15, -0.1) is 0 Å². The summed E-state index contributed by atoms with van der Waals surface area (Å²) in [5, 5.41) is 14.3. The van der Waals surface area contributed by atoms with Crippen molar-refractivity contribution in [3.05, 3.63) is 30.3 Å². The van der Waals surface area contributed by atoms with Gasteiger partial charge < -0.3 is 15.7 Å². The summed E-state index contributed by atoms with van der Waals surface area (Å²) in [7, 11) is 0. The zero-order chi connectivity index (χ0) is 20.3. The van der Waals surface area contributed by atoms with Crippen LogP contribution in [0.5, 0.6) is 0 Å². The van der Waals surface area contributed by atoms with E-state index in [2.05, 4.69) is 10.6 Å². The van der Waals surface area contributed by atoms with Crippen LogP contribution >= 0.6 is 11.8 Å². The van der Waals surface area contributed by atoms with Gasteiger partial charge >= 0.3 is 12.0 Å². The summed E-state index contributed by atoms with van der Waals surface area (Å²) in [6.07, 6.45) is 13.6. The number of amides is 2. The number of para-hydroxylation sites is 1. The fraction of sp³-hybridized carbons (Fsp3) is 0.636. The maximum Gasteiger partial charge on any atom is 0.319 e. The second-order valence-corrected chi connectivity index (χ2v) is 8.19. The Morgan fingerprint density at radius 1 is 0.786 bits per heavy atom. The lowest BCUT2D eigenvalue weighted by atomic mass is 10.1. The molecule has 0 bridgehead atoms. The lowest BCUT2D eigenvalue weighted by molar-refractivity contribution is -0.133. The van der Waals surface area contributed by atoms with Crippen LogP contribution in [0.25, 0.3) is 0 Å². The van der Waals surface area contributed by atoms with Crippen molar-refractivity contribution in [1.82, 2.24) is 5.32 Å². The highest BCUT2D eigenvalue weighted by Gasteiger charge is 2.00. The van der Waals surface area contributed by atoms with Gasteiger partial charge in [0.05, 0.1) is 5.75 Å². The zero-order valence-corrected chi connectivity index (χ0v) is 17.8. The van der Waals surface area contributed by atoms with Crippen LogP contribution in [0.2, 0.25) is 0 Å². The third-order valence-electron chi connectivity index (χ3n) is 4.51. The Morgan fingerprint density at radius 2 is 1.32 bits per heavy atom. The minimum Gasteiger partial charge on any atom is -0.481 e. The number of anilines is 1. The fourth-order valence-corrected chi connectivity index (χ4v) is 3.71. The summed E-state index contributed by atoms with van der Waals surface area (Å²) in [6, 6.07) is 9.35. The van der Waals surface area contributed by atoms with Gasteiger partial charge in [-0.05, 0) is 30.7 Å². The number of nitrogens with one attached hydrogen (secondary N) is 2. The van der Waals surface area contributed by atoms with E-state index in [9.17, 15) is 9.59 Å². The molecule has 0 aromatic heterocycles. The Labute approximate surface area is 174 Å². The molecule has 0 atom stereocenters. The molecule has 0 unspecified atom stereocenters. The highest BCUT2D eigenvalue weighted by molar-refractivity contribution is 7.99. The Morgan fingerprint density at radius 3 is 1.89 bits per heavy atom. The van der Waals surface area contributed by atoms with Gasteiger partial charge in [0.25, 0.3) is 0 Å². The smallest absolute Gasteiger partial charge is 0.319 e. The second-order valence-electron chi connectivity index (χ2n) is 7.08. The van der Waals surface area contributed by atoms with E-state index in [-0.39, 0.29) is 11.8 Å². The van der Waals surface area contributed by atoms with Crippen molar-refractivity contribution in [1.29, 1.82) is 0 Å². The van der Waals surface area contributed by atoms with E-state index in [1.165, 1.54) is 69.5 Å². The third kappa shape index (κ3) is 15.4. The Balaban J connectivity index is 1.76. The maximum atomic E-state index is 11.7. The Kier molecular flexibility index (Phi) is 15.1. The van der Waals surface area contributed by atoms with E-state index in [0.29, 0.717) is 0 Å². The van der Waals surface area contributed by atoms with Crippen LogP contribution in [0, 0.1) is 0 Å². The molecule has 28 heavy (non-hydrogen) atoms. The summed E-state index contributed by atoms with van der Waals surface area (Å²) in [4.78, 5) is 22.1. The number of carboxylic acids is 1. The molecule has 0 aliphatic carbocycles. The van der Waals surface area contributed by atoms with Crippen molar-refractivity contribution >= 4 is 29.4 Å². The molecule has 0 heterocycles. The number of urea groups is 1. The summed E-state index contributed by atoms with van der Waals surface area (Å²) in [5.74, 6) is 0.487. The Bertz CT molecular complexity index is 526. The van der Waals surface area contributed by atoms with Crippen LogP contribution < -0.4 is 10.6 Å². The Hall–Kier alpha value is -1.69. The summed E-state index contributed by atoms with van der Waals surface area (Å²) >= 11 is 1.52. The first-order chi connectivity index (χ1) is 13.7. The molecule has 1 aromatic rings. The van der Waals surface area contributed by atoms with Gasteiger partial charge in [-0.25, -0.2) is 4.79 Å². The molecule has 0 aliphatic heterocycles. The minimum absolute atomic E-state index is 0.133. The van der Waals surface area contributed by atoms with Gasteiger partial charge in [0, 0.05) is 12.2 Å². The zero-order valence-electron chi connectivity index (χ0n) is 17.0. The number of aliphatic carboxylic acids is 1. The number of hydrogen-bond donors (Lipinski definition) is 3. The molecule has 3 N–H and O–H groups in total. The molecule has 5 nitrogen and oxygen atoms in total. The molecular formula is C22H36N2O3S. The van der Waals surface area contributed by atoms with Gasteiger partial charge in [-0.3, -0.25) is 4.79 Å². The number of benzene rings is 1. The molecule has 2 amide bonds. The first-order valence-corrected chi connectivity index (χ1v) is 11.7. The van der Waals surface area contributed by atoms with Crippen LogP contribution in [-0.4, -0.2) is 35.2 Å². The van der Waals surface area contributed by atoms with Gasteiger partial charge in [0.15, 0.2) is 0 Å². The highest BCUT2D eigenvalue weighted by Crippen LogP contribution is 2.12. The molecular weight excluding hydrogens is 372 g/mol. The largest absolute Gasteiger partial charge is 0.481 e. The van der Waals surface area contributed by atoms with Crippen LogP contribution in [0.3, 0.4) is 0 Å². The quantitative estimate of drug-likeness (QED) is 0.280. The van der Waals surface area contributed by atoms with Crippen molar-refractivity contribution < 1.29 is 14.7 Å². The van der Waals surface area contributed by atoms with Crippen molar-refractivity contribution in [3.63, 3.8) is 0 Å². The fourth-order valence-electron chi connectivity index (χ4n) is 2.98. The topological polar surface area (TPSA) is 78.4 Å². The number of carbonyl (C=O) groups excluding carboxylic acids is 1. The molecule has 0 radical (unpaired) electrons. The molecule has 0 fully saturated rings.